The topological polar surface area (TPSA) is 59.6 Å². The quantitative estimate of drug-likeness (QED) is 0.837. The lowest BCUT2D eigenvalue weighted by atomic mass is 10.2. The molecule has 2 rings (SSSR count). The molecule has 0 aromatic heterocycles. The van der Waals surface area contributed by atoms with E-state index in [4.69, 9.17) is 9.47 Å². The Bertz CT molecular complexity index is 400. The van der Waals surface area contributed by atoms with Crippen LogP contribution in [0.25, 0.3) is 0 Å². The lowest BCUT2D eigenvalue weighted by molar-refractivity contribution is -0.114. The summed E-state index contributed by atoms with van der Waals surface area (Å²) in [7, 11) is 0. The Hall–Kier alpha value is -1.43. The molecule has 5 heteroatoms. The first-order valence-corrected chi connectivity index (χ1v) is 6.50. The largest absolute Gasteiger partial charge is 0.376 e. The number of benzene rings is 1. The third-order valence-corrected chi connectivity index (χ3v) is 2.86. The zero-order valence-electron chi connectivity index (χ0n) is 11.1. The number of hydrogen-bond acceptors (Lipinski definition) is 4. The summed E-state index contributed by atoms with van der Waals surface area (Å²) in [4.78, 5) is 10.9. The van der Waals surface area contributed by atoms with Crippen LogP contribution in [0.5, 0.6) is 0 Å². The summed E-state index contributed by atoms with van der Waals surface area (Å²) < 4.78 is 10.9. The average Bonchev–Trinajstić information content (AvgIpc) is 2.41. The second-order valence-corrected chi connectivity index (χ2v) is 4.58. The maximum atomic E-state index is 10.9. The maximum Gasteiger partial charge on any atom is 0.221 e. The minimum absolute atomic E-state index is 0.0553. The molecule has 1 aliphatic rings. The highest BCUT2D eigenvalue weighted by atomic mass is 16.6. The maximum absolute atomic E-state index is 10.9. The molecule has 0 radical (unpaired) electrons. The van der Waals surface area contributed by atoms with Crippen molar-refractivity contribution < 1.29 is 14.3 Å². The van der Waals surface area contributed by atoms with Gasteiger partial charge in [-0.25, -0.2) is 0 Å². The zero-order valence-corrected chi connectivity index (χ0v) is 11.1. The van der Waals surface area contributed by atoms with E-state index in [1.807, 2.05) is 24.3 Å². The van der Waals surface area contributed by atoms with Crippen LogP contribution in [0, 0.1) is 0 Å². The van der Waals surface area contributed by atoms with Crippen LogP contribution in [0.15, 0.2) is 24.3 Å². The smallest absolute Gasteiger partial charge is 0.221 e. The van der Waals surface area contributed by atoms with Crippen LogP contribution >= 0.6 is 0 Å². The molecule has 104 valence electrons. The first-order chi connectivity index (χ1) is 9.24. The molecule has 1 aromatic rings. The minimum Gasteiger partial charge on any atom is -0.376 e. The molecular formula is C14H20N2O3. The van der Waals surface area contributed by atoms with Crippen molar-refractivity contribution in [2.45, 2.75) is 19.6 Å². The highest BCUT2D eigenvalue weighted by Crippen LogP contribution is 2.09. The van der Waals surface area contributed by atoms with Crippen LogP contribution in [-0.4, -0.2) is 38.4 Å². The van der Waals surface area contributed by atoms with Crippen molar-refractivity contribution in [2.24, 2.45) is 0 Å². The van der Waals surface area contributed by atoms with Gasteiger partial charge >= 0.3 is 0 Å². The summed E-state index contributed by atoms with van der Waals surface area (Å²) in [5.74, 6) is -0.0553. The Labute approximate surface area is 113 Å². The highest BCUT2D eigenvalue weighted by Gasteiger charge is 2.13. The van der Waals surface area contributed by atoms with Crippen molar-refractivity contribution in [3.63, 3.8) is 0 Å². The van der Waals surface area contributed by atoms with Crippen LogP contribution < -0.4 is 10.6 Å². The molecule has 2 N–H and O–H groups in total. The second-order valence-electron chi connectivity index (χ2n) is 4.58. The Morgan fingerprint density at radius 3 is 2.74 bits per heavy atom. The van der Waals surface area contributed by atoms with Gasteiger partial charge in [-0.15, -0.1) is 0 Å². The molecule has 1 heterocycles. The number of nitrogens with one attached hydrogen (secondary N) is 2. The van der Waals surface area contributed by atoms with E-state index < -0.39 is 0 Å². The fourth-order valence-corrected chi connectivity index (χ4v) is 1.94. The van der Waals surface area contributed by atoms with Gasteiger partial charge in [0.05, 0.1) is 25.9 Å². The molecule has 0 saturated carbocycles. The Morgan fingerprint density at radius 2 is 2.11 bits per heavy atom. The number of anilines is 1. The van der Waals surface area contributed by atoms with Crippen LogP contribution in [0.4, 0.5) is 5.69 Å². The van der Waals surface area contributed by atoms with Crippen LogP contribution in [-0.2, 0) is 20.8 Å². The van der Waals surface area contributed by atoms with Gasteiger partial charge in [0.1, 0.15) is 0 Å². The summed E-state index contributed by atoms with van der Waals surface area (Å²) in [6, 6.07) is 7.80. The van der Waals surface area contributed by atoms with E-state index in [1.165, 1.54) is 12.5 Å². The molecule has 0 aliphatic carbocycles. The van der Waals surface area contributed by atoms with Crippen LogP contribution in [0.3, 0.4) is 0 Å². The van der Waals surface area contributed by atoms with Gasteiger partial charge in [0.15, 0.2) is 0 Å². The predicted octanol–water partition coefficient (Wildman–Crippen LogP) is 1.15. The van der Waals surface area contributed by atoms with Crippen molar-refractivity contribution in [3.8, 4) is 0 Å². The number of amides is 1. The minimum atomic E-state index is -0.0553. The fourth-order valence-electron chi connectivity index (χ4n) is 1.94. The number of ether oxygens (including phenoxy) is 2. The Kier molecular flexibility index (Phi) is 5.32. The van der Waals surface area contributed by atoms with Crippen molar-refractivity contribution >= 4 is 11.6 Å². The molecule has 5 nitrogen and oxygen atoms in total. The van der Waals surface area contributed by atoms with Gasteiger partial charge < -0.3 is 20.1 Å². The molecule has 1 amide bonds. The van der Waals surface area contributed by atoms with Crippen molar-refractivity contribution in [1.82, 2.24) is 5.32 Å². The molecule has 1 unspecified atom stereocenters. The molecular weight excluding hydrogens is 244 g/mol. The normalized spacial score (nSPS) is 19.1. The van der Waals surface area contributed by atoms with E-state index in [2.05, 4.69) is 10.6 Å². The molecule has 1 atom stereocenters. The Balaban J connectivity index is 1.71. The van der Waals surface area contributed by atoms with Crippen LogP contribution in [0.1, 0.15) is 12.5 Å². The van der Waals surface area contributed by atoms with Crippen LogP contribution in [0.2, 0.25) is 0 Å². The summed E-state index contributed by atoms with van der Waals surface area (Å²) in [5.41, 5.74) is 1.99. The highest BCUT2D eigenvalue weighted by molar-refractivity contribution is 5.88. The van der Waals surface area contributed by atoms with E-state index in [-0.39, 0.29) is 12.0 Å². The second kappa shape index (κ2) is 7.23. The van der Waals surface area contributed by atoms with E-state index in [0.717, 1.165) is 18.8 Å². The van der Waals surface area contributed by atoms with Gasteiger partial charge in [0.2, 0.25) is 5.91 Å². The summed E-state index contributed by atoms with van der Waals surface area (Å²) >= 11 is 0. The standard InChI is InChI=1S/C14H20N2O3/c1-11(17)16-13-4-2-12(3-5-13)8-15-9-14-10-18-6-7-19-14/h2-5,14-15H,6-10H2,1H3,(H,16,17). The molecule has 1 saturated heterocycles. The summed E-state index contributed by atoms with van der Waals surface area (Å²) in [6.45, 7) is 5.10. The molecule has 1 aromatic carbocycles. The summed E-state index contributed by atoms with van der Waals surface area (Å²) in [6.07, 6.45) is 0.146. The fraction of sp³-hybridized carbons (Fsp3) is 0.500. The van der Waals surface area contributed by atoms with Crippen molar-refractivity contribution in [3.05, 3.63) is 29.8 Å². The third kappa shape index (κ3) is 4.98. The first kappa shape index (κ1) is 14.0. The third-order valence-electron chi connectivity index (χ3n) is 2.86. The van der Waals surface area contributed by atoms with Gasteiger partial charge in [-0.2, -0.15) is 0 Å². The lowest BCUT2D eigenvalue weighted by Gasteiger charge is -2.23. The molecule has 1 aliphatic heterocycles. The lowest BCUT2D eigenvalue weighted by Crippen LogP contribution is -2.37. The van der Waals surface area contributed by atoms with E-state index in [1.54, 1.807) is 0 Å². The Morgan fingerprint density at radius 1 is 1.32 bits per heavy atom. The predicted molar refractivity (Wildman–Crippen MR) is 73.0 cm³/mol. The molecule has 19 heavy (non-hydrogen) atoms. The van der Waals surface area contributed by atoms with Gasteiger partial charge in [-0.1, -0.05) is 12.1 Å². The first-order valence-electron chi connectivity index (χ1n) is 6.50. The van der Waals surface area contributed by atoms with Gasteiger partial charge in [-0.05, 0) is 17.7 Å². The molecule has 1 fully saturated rings. The van der Waals surface area contributed by atoms with E-state index in [9.17, 15) is 4.79 Å². The van der Waals surface area contributed by atoms with E-state index in [0.29, 0.717) is 19.8 Å². The van der Waals surface area contributed by atoms with Gasteiger partial charge in [-0.3, -0.25) is 4.79 Å². The molecule has 0 bridgehead atoms. The molecule has 0 spiro atoms. The van der Waals surface area contributed by atoms with Crippen molar-refractivity contribution in [1.29, 1.82) is 0 Å². The monoisotopic (exact) mass is 264 g/mol. The number of carbonyl (C=O) groups is 1. The van der Waals surface area contributed by atoms with E-state index >= 15 is 0 Å². The average molecular weight is 264 g/mol. The number of carbonyl (C=O) groups excluding carboxylic acids is 1. The number of rotatable bonds is 5. The van der Waals surface area contributed by atoms with Crippen molar-refractivity contribution in [2.75, 3.05) is 31.7 Å². The summed E-state index contributed by atoms with van der Waals surface area (Å²) in [5, 5.41) is 6.08. The number of hydrogen-bond donors (Lipinski definition) is 2. The van der Waals surface area contributed by atoms with Gasteiger partial charge in [0, 0.05) is 25.7 Å². The zero-order chi connectivity index (χ0) is 13.5. The van der Waals surface area contributed by atoms with Gasteiger partial charge in [0.25, 0.3) is 0 Å². The SMILES string of the molecule is CC(=O)Nc1ccc(CNCC2COCCO2)cc1.